The first-order valence-electron chi connectivity index (χ1n) is 8.00. The van der Waals surface area contributed by atoms with Crippen molar-refractivity contribution in [2.45, 2.75) is 17.9 Å². The van der Waals surface area contributed by atoms with Crippen LogP contribution in [-0.2, 0) is 5.75 Å². The molecule has 0 saturated heterocycles. The molecule has 4 heterocycles. The number of hydrogen-bond donors (Lipinski definition) is 0. The van der Waals surface area contributed by atoms with E-state index in [9.17, 15) is 4.79 Å². The van der Waals surface area contributed by atoms with E-state index in [0.717, 1.165) is 11.3 Å². The highest BCUT2D eigenvalue weighted by Gasteiger charge is 2.17. The van der Waals surface area contributed by atoms with Crippen LogP contribution in [0.2, 0.25) is 0 Å². The summed E-state index contributed by atoms with van der Waals surface area (Å²) < 4.78 is 18.0. The van der Waals surface area contributed by atoms with Crippen molar-refractivity contribution in [2.75, 3.05) is 6.79 Å². The van der Waals surface area contributed by atoms with Gasteiger partial charge in [0.25, 0.3) is 10.8 Å². The summed E-state index contributed by atoms with van der Waals surface area (Å²) in [5, 5.41) is 10.5. The van der Waals surface area contributed by atoms with E-state index in [4.69, 9.17) is 13.9 Å². The molecule has 1 aromatic carbocycles. The first kappa shape index (κ1) is 16.3. The molecule has 0 amide bonds. The molecule has 8 nitrogen and oxygen atoms in total. The predicted molar refractivity (Wildman–Crippen MR) is 99.5 cm³/mol. The molecule has 27 heavy (non-hydrogen) atoms. The largest absolute Gasteiger partial charge is 0.454 e. The third-order valence-electron chi connectivity index (χ3n) is 4.00. The van der Waals surface area contributed by atoms with Crippen LogP contribution < -0.4 is 15.0 Å². The second-order valence-electron chi connectivity index (χ2n) is 5.81. The van der Waals surface area contributed by atoms with Gasteiger partial charge in [0.15, 0.2) is 16.5 Å². The van der Waals surface area contributed by atoms with E-state index in [1.54, 1.807) is 10.5 Å². The molecule has 0 spiro atoms. The molecule has 5 rings (SSSR count). The molecule has 0 aliphatic carbocycles. The Hall–Kier alpha value is -2.85. The van der Waals surface area contributed by atoms with Gasteiger partial charge in [0.05, 0.1) is 5.69 Å². The van der Waals surface area contributed by atoms with E-state index in [1.165, 1.54) is 29.2 Å². The number of benzene rings is 1. The number of nitrogens with zero attached hydrogens (tertiary/aromatic N) is 4. The maximum absolute atomic E-state index is 12.2. The van der Waals surface area contributed by atoms with Crippen LogP contribution in [0.3, 0.4) is 0 Å². The molecule has 1 aliphatic heterocycles. The third-order valence-corrected chi connectivity index (χ3v) is 5.79. The lowest BCUT2D eigenvalue weighted by molar-refractivity contribution is 0.174. The number of hydrogen-bond acceptors (Lipinski definition) is 9. The fourth-order valence-electron chi connectivity index (χ4n) is 2.72. The topological polar surface area (TPSA) is 91.8 Å². The average Bonchev–Trinajstić information content (AvgIpc) is 3.39. The van der Waals surface area contributed by atoms with E-state index < -0.39 is 0 Å². The zero-order valence-corrected chi connectivity index (χ0v) is 15.7. The minimum absolute atomic E-state index is 0.0825. The summed E-state index contributed by atoms with van der Waals surface area (Å²) in [5.41, 5.74) is 2.23. The molecule has 0 radical (unpaired) electrons. The zero-order chi connectivity index (χ0) is 18.4. The summed E-state index contributed by atoms with van der Waals surface area (Å²) in [7, 11) is 0. The standard InChI is InChI=1S/C17H12N4O4S2/c1-9-6-26-16-18-11(5-14(22)21(9)16)7-27-17-20-19-15(25-17)10-2-3-12-13(4-10)24-8-23-12/h2-6H,7-8H2,1H3. The summed E-state index contributed by atoms with van der Waals surface area (Å²) in [4.78, 5) is 17.4. The van der Waals surface area contributed by atoms with Crippen LogP contribution in [0, 0.1) is 6.92 Å². The molecule has 0 bridgehead atoms. The number of thiazole rings is 1. The van der Waals surface area contributed by atoms with E-state index in [1.807, 2.05) is 24.4 Å². The molecule has 0 unspecified atom stereocenters. The van der Waals surface area contributed by atoms with E-state index in [2.05, 4.69) is 15.2 Å². The molecule has 10 heteroatoms. The van der Waals surface area contributed by atoms with Crippen LogP contribution in [0.4, 0.5) is 0 Å². The summed E-state index contributed by atoms with van der Waals surface area (Å²) in [6.45, 7) is 2.10. The van der Waals surface area contributed by atoms with Crippen molar-refractivity contribution in [3.8, 4) is 23.0 Å². The van der Waals surface area contributed by atoms with Gasteiger partial charge in [-0.05, 0) is 25.1 Å². The highest BCUT2D eigenvalue weighted by Crippen LogP contribution is 2.36. The Bertz CT molecular complexity index is 1210. The van der Waals surface area contributed by atoms with Gasteiger partial charge < -0.3 is 13.9 Å². The van der Waals surface area contributed by atoms with Gasteiger partial charge in [-0.25, -0.2) is 4.98 Å². The zero-order valence-electron chi connectivity index (χ0n) is 14.0. The van der Waals surface area contributed by atoms with Crippen LogP contribution in [0.1, 0.15) is 11.4 Å². The summed E-state index contributed by atoms with van der Waals surface area (Å²) in [5.74, 6) is 2.22. The third kappa shape index (κ3) is 2.96. The number of aromatic nitrogens is 4. The van der Waals surface area contributed by atoms with Crippen LogP contribution >= 0.6 is 23.1 Å². The Morgan fingerprint density at radius 3 is 3.04 bits per heavy atom. The SMILES string of the molecule is Cc1csc2nc(CSc3nnc(-c4ccc5c(c4)OCO5)o3)cc(=O)n12. The van der Waals surface area contributed by atoms with Gasteiger partial charge in [0.1, 0.15) is 0 Å². The Morgan fingerprint density at radius 2 is 2.11 bits per heavy atom. The first-order chi connectivity index (χ1) is 13.2. The molecular formula is C17H12N4O4S2. The predicted octanol–water partition coefficient (Wildman–Crippen LogP) is 3.14. The van der Waals surface area contributed by atoms with Crippen molar-refractivity contribution < 1.29 is 13.9 Å². The van der Waals surface area contributed by atoms with Gasteiger partial charge in [-0.2, -0.15) is 0 Å². The Balaban J connectivity index is 1.35. The maximum atomic E-state index is 12.2. The normalized spacial score (nSPS) is 12.8. The number of ether oxygens (including phenoxy) is 2. The fraction of sp³-hybridized carbons (Fsp3) is 0.176. The van der Waals surface area contributed by atoms with Gasteiger partial charge in [0, 0.05) is 28.5 Å². The Morgan fingerprint density at radius 1 is 1.22 bits per heavy atom. The van der Waals surface area contributed by atoms with E-state index in [-0.39, 0.29) is 12.4 Å². The summed E-state index contributed by atoms with van der Waals surface area (Å²) in [6.07, 6.45) is 0. The van der Waals surface area contributed by atoms with Crippen LogP contribution in [-0.4, -0.2) is 26.4 Å². The smallest absolute Gasteiger partial charge is 0.277 e. The average molecular weight is 400 g/mol. The van der Waals surface area contributed by atoms with Gasteiger partial charge in [-0.1, -0.05) is 11.8 Å². The second-order valence-corrected chi connectivity index (χ2v) is 7.57. The van der Waals surface area contributed by atoms with Gasteiger partial charge in [0.2, 0.25) is 12.7 Å². The highest BCUT2D eigenvalue weighted by atomic mass is 32.2. The Kier molecular flexibility index (Phi) is 3.87. The van der Waals surface area contributed by atoms with Crippen molar-refractivity contribution >= 4 is 28.1 Å². The quantitative estimate of drug-likeness (QED) is 0.483. The van der Waals surface area contributed by atoms with E-state index >= 15 is 0 Å². The number of rotatable bonds is 4. The monoisotopic (exact) mass is 400 g/mol. The second kappa shape index (κ2) is 6.39. The molecule has 0 saturated carbocycles. The van der Waals surface area contributed by atoms with Crippen LogP contribution in [0.5, 0.6) is 11.5 Å². The summed E-state index contributed by atoms with van der Waals surface area (Å²) in [6, 6.07) is 6.99. The summed E-state index contributed by atoms with van der Waals surface area (Å²) >= 11 is 2.78. The lowest BCUT2D eigenvalue weighted by Crippen LogP contribution is -2.14. The molecule has 0 fully saturated rings. The van der Waals surface area contributed by atoms with Gasteiger partial charge >= 0.3 is 0 Å². The lowest BCUT2D eigenvalue weighted by atomic mass is 10.2. The molecular weight excluding hydrogens is 388 g/mol. The van der Waals surface area contributed by atoms with Gasteiger partial charge in [-0.15, -0.1) is 21.5 Å². The molecule has 136 valence electrons. The van der Waals surface area contributed by atoms with Crippen LogP contribution in [0.15, 0.2) is 44.1 Å². The number of fused-ring (bicyclic) bond motifs is 2. The molecule has 0 atom stereocenters. The molecule has 0 N–H and O–H groups in total. The minimum Gasteiger partial charge on any atom is -0.454 e. The lowest BCUT2D eigenvalue weighted by Gasteiger charge is -2.00. The van der Waals surface area contributed by atoms with Crippen molar-refractivity contribution in [2.24, 2.45) is 0 Å². The van der Waals surface area contributed by atoms with Crippen molar-refractivity contribution in [1.82, 2.24) is 19.6 Å². The van der Waals surface area contributed by atoms with Crippen LogP contribution in [0.25, 0.3) is 16.4 Å². The van der Waals surface area contributed by atoms with Crippen molar-refractivity contribution in [1.29, 1.82) is 0 Å². The highest BCUT2D eigenvalue weighted by molar-refractivity contribution is 7.98. The van der Waals surface area contributed by atoms with E-state index in [0.29, 0.717) is 39.0 Å². The minimum atomic E-state index is -0.0825. The number of thioether (sulfide) groups is 1. The van der Waals surface area contributed by atoms with Crippen molar-refractivity contribution in [3.05, 3.63) is 51.4 Å². The molecule has 1 aliphatic rings. The number of aryl methyl sites for hydroxylation is 1. The first-order valence-corrected chi connectivity index (χ1v) is 9.87. The fourth-order valence-corrected chi connectivity index (χ4v) is 4.27. The van der Waals surface area contributed by atoms with Crippen molar-refractivity contribution in [3.63, 3.8) is 0 Å². The molecule has 4 aromatic rings. The van der Waals surface area contributed by atoms with Gasteiger partial charge in [-0.3, -0.25) is 9.20 Å². The maximum Gasteiger partial charge on any atom is 0.277 e. The molecule has 3 aromatic heterocycles. The Labute approximate surface area is 160 Å².